The maximum Gasteiger partial charge on any atom is 0.305 e. The number of aryl methyl sites for hydroxylation is 1. The second kappa shape index (κ2) is 12.1. The molecule has 0 aliphatic carbocycles. The molecule has 0 saturated heterocycles. The molecule has 0 spiro atoms. The van der Waals surface area contributed by atoms with Gasteiger partial charge in [0.15, 0.2) is 0 Å². The monoisotopic (exact) mass is 474 g/mol. The maximum atomic E-state index is 11.3. The molecule has 0 heterocycles. The van der Waals surface area contributed by atoms with Gasteiger partial charge in [0.2, 0.25) is 0 Å². The minimum Gasteiger partial charge on any atom is -0.469 e. The Hall–Kier alpha value is -2.69. The summed E-state index contributed by atoms with van der Waals surface area (Å²) >= 11 is 0. The SMILES string of the molecule is COC(=O)CCCCCc1cccc(CO[Si](c2ccccc2)(c2ccccc2)C(C)(C)C)c1. The fourth-order valence-electron chi connectivity index (χ4n) is 4.71. The standard InChI is InChI=1S/C30H38O3Si/c1-30(2,3)34(27-18-9-6-10-19-27,28-20-11-7-12-21-28)33-24-26-17-14-16-25(23-26)15-8-5-13-22-29(31)32-4/h6-7,9-12,14,16-21,23H,5,8,13,15,22,24H2,1-4H3. The van der Waals surface area contributed by atoms with E-state index in [1.54, 1.807) is 0 Å². The quantitative estimate of drug-likeness (QED) is 0.193. The van der Waals surface area contributed by atoms with Crippen LogP contribution in [0.2, 0.25) is 5.04 Å². The summed E-state index contributed by atoms with van der Waals surface area (Å²) in [5.41, 5.74) is 2.53. The van der Waals surface area contributed by atoms with Crippen LogP contribution in [-0.2, 0) is 27.0 Å². The minimum absolute atomic E-state index is 0.0348. The lowest BCUT2D eigenvalue weighted by molar-refractivity contribution is -0.140. The van der Waals surface area contributed by atoms with Crippen LogP contribution in [0.3, 0.4) is 0 Å². The molecule has 3 rings (SSSR count). The normalized spacial score (nSPS) is 11.9. The number of ether oxygens (including phenoxy) is 1. The van der Waals surface area contributed by atoms with E-state index in [0.29, 0.717) is 13.0 Å². The van der Waals surface area contributed by atoms with Crippen molar-refractivity contribution < 1.29 is 14.0 Å². The highest BCUT2D eigenvalue weighted by atomic mass is 28.4. The molecule has 3 aromatic rings. The maximum absolute atomic E-state index is 11.3. The molecule has 0 saturated carbocycles. The zero-order chi connectivity index (χ0) is 24.4. The fourth-order valence-corrected chi connectivity index (χ4v) is 9.24. The number of carbonyl (C=O) groups is 1. The highest BCUT2D eigenvalue weighted by molar-refractivity contribution is 6.99. The Kier molecular flexibility index (Phi) is 9.25. The largest absolute Gasteiger partial charge is 0.469 e. The molecule has 180 valence electrons. The summed E-state index contributed by atoms with van der Waals surface area (Å²) in [5.74, 6) is -0.123. The molecule has 34 heavy (non-hydrogen) atoms. The van der Waals surface area contributed by atoms with Crippen LogP contribution in [0.5, 0.6) is 0 Å². The van der Waals surface area contributed by atoms with Crippen molar-refractivity contribution in [3.05, 3.63) is 96.1 Å². The Morgan fingerprint density at radius 3 is 1.91 bits per heavy atom. The first-order valence-electron chi connectivity index (χ1n) is 12.3. The van der Waals surface area contributed by atoms with E-state index in [4.69, 9.17) is 9.16 Å². The molecule has 0 aromatic heterocycles. The van der Waals surface area contributed by atoms with E-state index in [2.05, 4.69) is 106 Å². The molecule has 4 heteroatoms. The van der Waals surface area contributed by atoms with Crippen LogP contribution in [0.25, 0.3) is 0 Å². The van der Waals surface area contributed by atoms with Crippen molar-refractivity contribution in [2.24, 2.45) is 0 Å². The first kappa shape index (κ1) is 25.9. The molecule has 0 radical (unpaired) electrons. The second-order valence-corrected chi connectivity index (χ2v) is 14.2. The highest BCUT2D eigenvalue weighted by Crippen LogP contribution is 2.37. The lowest BCUT2D eigenvalue weighted by Crippen LogP contribution is -2.66. The zero-order valence-electron chi connectivity index (χ0n) is 21.1. The van der Waals surface area contributed by atoms with Crippen LogP contribution in [0.1, 0.15) is 57.6 Å². The molecule has 3 aromatic carbocycles. The summed E-state index contributed by atoms with van der Waals surface area (Å²) in [5, 5.41) is 2.57. The van der Waals surface area contributed by atoms with Crippen LogP contribution in [0, 0.1) is 0 Å². The topological polar surface area (TPSA) is 35.5 Å². The van der Waals surface area contributed by atoms with Gasteiger partial charge < -0.3 is 9.16 Å². The van der Waals surface area contributed by atoms with Crippen LogP contribution in [0.4, 0.5) is 0 Å². The van der Waals surface area contributed by atoms with Crippen molar-refractivity contribution in [1.29, 1.82) is 0 Å². The van der Waals surface area contributed by atoms with E-state index in [-0.39, 0.29) is 11.0 Å². The van der Waals surface area contributed by atoms with E-state index >= 15 is 0 Å². The van der Waals surface area contributed by atoms with Crippen molar-refractivity contribution in [3.8, 4) is 0 Å². The van der Waals surface area contributed by atoms with Gasteiger partial charge in [0.05, 0.1) is 13.7 Å². The summed E-state index contributed by atoms with van der Waals surface area (Å²) in [6, 6.07) is 30.3. The number of methoxy groups -OCH3 is 1. The van der Waals surface area contributed by atoms with Crippen LogP contribution in [-0.4, -0.2) is 21.4 Å². The van der Waals surface area contributed by atoms with E-state index in [0.717, 1.165) is 25.7 Å². The molecule has 3 nitrogen and oxygen atoms in total. The van der Waals surface area contributed by atoms with Gasteiger partial charge in [-0.1, -0.05) is 112 Å². The number of rotatable bonds is 11. The molecule has 0 unspecified atom stereocenters. The summed E-state index contributed by atoms with van der Waals surface area (Å²) in [6.45, 7) is 7.52. The Morgan fingerprint density at radius 2 is 1.35 bits per heavy atom. The third kappa shape index (κ3) is 6.46. The van der Waals surface area contributed by atoms with Crippen molar-refractivity contribution >= 4 is 24.7 Å². The molecule has 0 N–H and O–H groups in total. The van der Waals surface area contributed by atoms with Crippen LogP contribution < -0.4 is 10.4 Å². The number of hydrogen-bond donors (Lipinski definition) is 0. The van der Waals surface area contributed by atoms with Crippen molar-refractivity contribution in [2.45, 2.75) is 64.5 Å². The molecule has 0 aliphatic heterocycles. The molecule has 0 aliphatic rings. The third-order valence-electron chi connectivity index (χ3n) is 6.44. The molecule has 0 fully saturated rings. The zero-order valence-corrected chi connectivity index (χ0v) is 22.1. The van der Waals surface area contributed by atoms with Crippen molar-refractivity contribution in [2.75, 3.05) is 7.11 Å². The first-order valence-corrected chi connectivity index (χ1v) is 14.2. The van der Waals surface area contributed by atoms with E-state index in [1.807, 2.05) is 0 Å². The summed E-state index contributed by atoms with van der Waals surface area (Å²) in [7, 11) is -1.10. The van der Waals surface area contributed by atoms with Gasteiger partial charge in [0.1, 0.15) is 0 Å². The van der Waals surface area contributed by atoms with Crippen LogP contribution >= 0.6 is 0 Å². The van der Waals surface area contributed by atoms with Gasteiger partial charge in [0, 0.05) is 6.42 Å². The number of benzene rings is 3. The Bertz CT molecular complexity index is 986. The Morgan fingerprint density at radius 1 is 0.765 bits per heavy atom. The number of unbranched alkanes of at least 4 members (excludes halogenated alkanes) is 2. The van der Waals surface area contributed by atoms with Crippen LogP contribution in [0.15, 0.2) is 84.9 Å². The average Bonchev–Trinajstić information content (AvgIpc) is 2.85. The van der Waals surface area contributed by atoms with Gasteiger partial charge in [-0.3, -0.25) is 4.79 Å². The molecule has 0 amide bonds. The average molecular weight is 475 g/mol. The predicted octanol–water partition coefficient (Wildman–Crippen LogP) is 6.04. The van der Waals surface area contributed by atoms with Gasteiger partial charge in [-0.05, 0) is 45.8 Å². The number of hydrogen-bond acceptors (Lipinski definition) is 3. The third-order valence-corrected chi connectivity index (χ3v) is 11.4. The highest BCUT2D eigenvalue weighted by Gasteiger charge is 2.50. The predicted molar refractivity (Wildman–Crippen MR) is 143 cm³/mol. The summed E-state index contributed by atoms with van der Waals surface area (Å²) in [4.78, 5) is 11.3. The molecule has 0 bridgehead atoms. The number of esters is 1. The summed E-state index contributed by atoms with van der Waals surface area (Å²) < 4.78 is 11.8. The van der Waals surface area contributed by atoms with Gasteiger partial charge in [-0.15, -0.1) is 0 Å². The summed E-state index contributed by atoms with van der Waals surface area (Å²) in [6.07, 6.45) is 4.48. The van der Waals surface area contributed by atoms with Gasteiger partial charge >= 0.3 is 5.97 Å². The van der Waals surface area contributed by atoms with Gasteiger partial charge in [-0.25, -0.2) is 0 Å². The lowest BCUT2D eigenvalue weighted by atomic mass is 10.0. The molecular formula is C30H38O3Si. The number of carbonyl (C=O) groups excluding carboxylic acids is 1. The van der Waals surface area contributed by atoms with E-state index < -0.39 is 8.32 Å². The van der Waals surface area contributed by atoms with E-state index in [9.17, 15) is 4.79 Å². The smallest absolute Gasteiger partial charge is 0.305 e. The van der Waals surface area contributed by atoms with Gasteiger partial charge in [-0.2, -0.15) is 0 Å². The van der Waals surface area contributed by atoms with Gasteiger partial charge in [0.25, 0.3) is 8.32 Å². The van der Waals surface area contributed by atoms with Crippen molar-refractivity contribution in [3.63, 3.8) is 0 Å². The first-order chi connectivity index (χ1) is 16.4. The lowest BCUT2D eigenvalue weighted by Gasteiger charge is -2.43. The molecule has 0 atom stereocenters. The Labute approximate surface area is 206 Å². The second-order valence-electron chi connectivity index (χ2n) is 9.91. The Balaban J connectivity index is 1.78. The fraction of sp³-hybridized carbons (Fsp3) is 0.367. The molecular weight excluding hydrogens is 436 g/mol. The minimum atomic E-state index is -2.54. The van der Waals surface area contributed by atoms with Crippen molar-refractivity contribution in [1.82, 2.24) is 0 Å². The van der Waals surface area contributed by atoms with E-state index in [1.165, 1.54) is 28.6 Å².